The average molecular weight is 432 g/mol. The zero-order chi connectivity index (χ0) is 19.9. The molecule has 0 aliphatic carbocycles. The maximum Gasteiger partial charge on any atom is 0.251 e. The minimum atomic E-state index is -0.282. The third kappa shape index (κ3) is 6.15. The lowest BCUT2D eigenvalue weighted by atomic mass is 10.2. The summed E-state index contributed by atoms with van der Waals surface area (Å²) in [5.41, 5.74) is 1.89. The van der Waals surface area contributed by atoms with Gasteiger partial charge in [-0.15, -0.1) is 11.8 Å². The highest BCUT2D eigenvalue weighted by Crippen LogP contribution is 2.21. The summed E-state index contributed by atoms with van der Waals surface area (Å²) in [5, 5.41) is 3.98. The minimum absolute atomic E-state index is 0.0259. The van der Waals surface area contributed by atoms with Crippen molar-refractivity contribution >= 4 is 46.7 Å². The molecule has 3 aromatic rings. The molecule has 0 saturated heterocycles. The van der Waals surface area contributed by atoms with Crippen LogP contribution in [0.3, 0.4) is 0 Å². The first-order chi connectivity index (χ1) is 13.5. The van der Waals surface area contributed by atoms with Crippen molar-refractivity contribution in [3.05, 3.63) is 81.2 Å². The van der Waals surface area contributed by atoms with Crippen molar-refractivity contribution in [2.45, 2.75) is 22.2 Å². The monoisotopic (exact) mass is 431 g/mol. The highest BCUT2D eigenvalue weighted by atomic mass is 35.5. The second-order valence-electron chi connectivity index (χ2n) is 5.92. The Balaban J connectivity index is 1.65. The number of nitrogens with one attached hydrogen (secondary N) is 2. The number of aromatic amines is 1. The fourth-order valence-electron chi connectivity index (χ4n) is 2.49. The van der Waals surface area contributed by atoms with E-state index in [1.54, 1.807) is 11.8 Å². The molecular weight excluding hydrogens is 414 g/mol. The van der Waals surface area contributed by atoms with Gasteiger partial charge in [0.25, 0.3) is 5.56 Å². The van der Waals surface area contributed by atoms with Gasteiger partial charge in [-0.05, 0) is 42.2 Å². The number of rotatable bonds is 7. The van der Waals surface area contributed by atoms with E-state index in [1.807, 2.05) is 54.8 Å². The van der Waals surface area contributed by atoms with Crippen LogP contribution in [0.4, 0.5) is 5.69 Å². The lowest BCUT2D eigenvalue weighted by Gasteiger charge is -2.07. The summed E-state index contributed by atoms with van der Waals surface area (Å²) in [7, 11) is 0. The summed E-state index contributed by atoms with van der Waals surface area (Å²) in [6.45, 7) is 0. The molecule has 3 rings (SSSR count). The van der Waals surface area contributed by atoms with Crippen molar-refractivity contribution in [1.29, 1.82) is 0 Å². The number of carbonyl (C=O) groups is 1. The van der Waals surface area contributed by atoms with E-state index in [9.17, 15) is 9.59 Å². The lowest BCUT2D eigenvalue weighted by molar-refractivity contribution is -0.115. The van der Waals surface area contributed by atoms with Crippen molar-refractivity contribution in [2.24, 2.45) is 0 Å². The first-order valence-electron chi connectivity index (χ1n) is 8.43. The molecule has 28 heavy (non-hydrogen) atoms. The highest BCUT2D eigenvalue weighted by molar-refractivity contribution is 7.98. The van der Waals surface area contributed by atoms with Gasteiger partial charge in [-0.25, -0.2) is 4.98 Å². The zero-order valence-electron chi connectivity index (χ0n) is 15.1. The van der Waals surface area contributed by atoms with E-state index in [2.05, 4.69) is 15.3 Å². The standard InChI is InChI=1S/C20H18ClN3O2S2/c1-27-17-7-3-6-15(9-17)22-18(25)10-16-11-19(26)24-20(23-16)28-12-13-4-2-5-14(21)8-13/h2-9,11H,10,12H2,1H3,(H,22,25)(H,23,24,26). The molecule has 0 saturated carbocycles. The summed E-state index contributed by atoms with van der Waals surface area (Å²) in [4.78, 5) is 32.4. The summed E-state index contributed by atoms with van der Waals surface area (Å²) >= 11 is 8.98. The lowest BCUT2D eigenvalue weighted by Crippen LogP contribution is -2.18. The first-order valence-corrected chi connectivity index (χ1v) is 11.0. The van der Waals surface area contributed by atoms with Gasteiger partial charge in [-0.2, -0.15) is 0 Å². The van der Waals surface area contributed by atoms with Crippen LogP contribution in [0, 0.1) is 0 Å². The number of aromatic nitrogens is 2. The van der Waals surface area contributed by atoms with Gasteiger partial charge in [0.2, 0.25) is 5.91 Å². The molecule has 0 unspecified atom stereocenters. The van der Waals surface area contributed by atoms with Gasteiger partial charge in [0.05, 0.1) is 12.1 Å². The number of thioether (sulfide) groups is 2. The Hall–Kier alpha value is -2.22. The second-order valence-corrected chi connectivity index (χ2v) is 8.20. The molecular formula is C20H18ClN3O2S2. The largest absolute Gasteiger partial charge is 0.326 e. The highest BCUT2D eigenvalue weighted by Gasteiger charge is 2.09. The SMILES string of the molecule is CSc1cccc(NC(=O)Cc2cc(=O)[nH]c(SCc3cccc(Cl)c3)n2)c1. The van der Waals surface area contributed by atoms with Crippen LogP contribution in [-0.4, -0.2) is 22.1 Å². The third-order valence-corrected chi connectivity index (χ3v) is 5.64. The Morgan fingerprint density at radius 2 is 2.00 bits per heavy atom. The van der Waals surface area contributed by atoms with Gasteiger partial charge in [-0.3, -0.25) is 9.59 Å². The summed E-state index contributed by atoms with van der Waals surface area (Å²) < 4.78 is 0. The van der Waals surface area contributed by atoms with Crippen molar-refractivity contribution in [3.63, 3.8) is 0 Å². The van der Waals surface area contributed by atoms with Gasteiger partial charge in [0.15, 0.2) is 5.16 Å². The van der Waals surface area contributed by atoms with Crippen LogP contribution in [0.1, 0.15) is 11.3 Å². The molecule has 144 valence electrons. The normalized spacial score (nSPS) is 10.6. The van der Waals surface area contributed by atoms with Crippen LogP contribution in [0.2, 0.25) is 5.02 Å². The number of amides is 1. The molecule has 0 aliphatic heterocycles. The quantitative estimate of drug-likeness (QED) is 0.421. The molecule has 5 nitrogen and oxygen atoms in total. The van der Waals surface area contributed by atoms with Gasteiger partial charge in [0.1, 0.15) is 0 Å². The van der Waals surface area contributed by atoms with E-state index in [1.165, 1.54) is 17.8 Å². The van der Waals surface area contributed by atoms with Gasteiger partial charge in [0, 0.05) is 27.4 Å². The number of hydrogen-bond acceptors (Lipinski definition) is 5. The average Bonchev–Trinajstić information content (AvgIpc) is 2.66. The van der Waals surface area contributed by atoms with Gasteiger partial charge < -0.3 is 10.3 Å². The van der Waals surface area contributed by atoms with Crippen molar-refractivity contribution in [1.82, 2.24) is 9.97 Å². The molecule has 0 bridgehead atoms. The van der Waals surface area contributed by atoms with Crippen LogP contribution in [-0.2, 0) is 17.0 Å². The van der Waals surface area contributed by atoms with Crippen LogP contribution >= 0.6 is 35.1 Å². The van der Waals surface area contributed by atoms with Crippen LogP contribution in [0.15, 0.2) is 69.4 Å². The number of halogens is 1. The van der Waals surface area contributed by atoms with E-state index in [0.29, 0.717) is 21.6 Å². The minimum Gasteiger partial charge on any atom is -0.326 e. The Kier molecular flexibility index (Phi) is 7.19. The maximum absolute atomic E-state index is 12.3. The molecule has 0 radical (unpaired) electrons. The maximum atomic E-state index is 12.3. The Morgan fingerprint density at radius 3 is 2.79 bits per heavy atom. The predicted molar refractivity (Wildman–Crippen MR) is 116 cm³/mol. The molecule has 0 atom stereocenters. The molecule has 8 heteroatoms. The van der Waals surface area contributed by atoms with E-state index in [4.69, 9.17) is 11.6 Å². The van der Waals surface area contributed by atoms with Crippen molar-refractivity contribution in [2.75, 3.05) is 11.6 Å². The van der Waals surface area contributed by atoms with Crippen LogP contribution in [0.5, 0.6) is 0 Å². The number of benzene rings is 2. The number of H-pyrrole nitrogens is 1. The number of hydrogen-bond donors (Lipinski definition) is 2. The van der Waals surface area contributed by atoms with E-state index >= 15 is 0 Å². The third-order valence-electron chi connectivity index (χ3n) is 3.73. The molecule has 0 fully saturated rings. The van der Waals surface area contributed by atoms with E-state index in [0.717, 1.165) is 16.1 Å². The molecule has 1 heterocycles. The number of anilines is 1. The molecule has 0 spiro atoms. The van der Waals surface area contributed by atoms with Crippen LogP contribution < -0.4 is 10.9 Å². The molecule has 2 N–H and O–H groups in total. The summed E-state index contributed by atoms with van der Waals surface area (Å²) in [5.74, 6) is 0.391. The van der Waals surface area contributed by atoms with Crippen molar-refractivity contribution < 1.29 is 4.79 Å². The van der Waals surface area contributed by atoms with E-state index < -0.39 is 0 Å². The summed E-state index contributed by atoms with van der Waals surface area (Å²) in [6, 6.07) is 16.4. The predicted octanol–water partition coefficient (Wildman–Crippen LogP) is 4.62. The van der Waals surface area contributed by atoms with Crippen molar-refractivity contribution in [3.8, 4) is 0 Å². The van der Waals surface area contributed by atoms with E-state index in [-0.39, 0.29) is 17.9 Å². The number of nitrogens with zero attached hydrogens (tertiary/aromatic N) is 1. The molecule has 0 aliphatic rings. The Bertz CT molecular complexity index is 1040. The number of carbonyl (C=O) groups excluding carboxylic acids is 1. The van der Waals surface area contributed by atoms with Crippen LogP contribution in [0.25, 0.3) is 0 Å². The molecule has 1 aromatic heterocycles. The second kappa shape index (κ2) is 9.82. The smallest absolute Gasteiger partial charge is 0.251 e. The fraction of sp³-hybridized carbons (Fsp3) is 0.150. The first kappa shape index (κ1) is 20.5. The topological polar surface area (TPSA) is 74.8 Å². The van der Waals surface area contributed by atoms with Gasteiger partial charge >= 0.3 is 0 Å². The fourth-order valence-corrected chi connectivity index (χ4v) is 4.00. The van der Waals surface area contributed by atoms with Gasteiger partial charge in [-0.1, -0.05) is 41.6 Å². The molecule has 1 amide bonds. The Morgan fingerprint density at radius 1 is 1.18 bits per heavy atom. The molecule has 2 aromatic carbocycles. The summed E-state index contributed by atoms with van der Waals surface area (Å²) in [6.07, 6.45) is 2.00. The zero-order valence-corrected chi connectivity index (χ0v) is 17.5. The Labute approximate surface area is 176 Å².